The van der Waals surface area contributed by atoms with Crippen molar-refractivity contribution in [1.82, 2.24) is 4.90 Å². The number of hydrogen-bond acceptors (Lipinski definition) is 2. The van der Waals surface area contributed by atoms with Gasteiger partial charge in [0.25, 0.3) is 0 Å². The maximum atomic E-state index is 13.4. The maximum Gasteiger partial charge on any atom is 0.123 e. The highest BCUT2D eigenvalue weighted by molar-refractivity contribution is 5.85. The zero-order chi connectivity index (χ0) is 13.8. The number of ether oxygens (including phenoxy) is 1. The molecule has 1 fully saturated rings. The summed E-state index contributed by atoms with van der Waals surface area (Å²) in [4.78, 5) is 2.54. The van der Waals surface area contributed by atoms with Gasteiger partial charge >= 0.3 is 0 Å². The lowest BCUT2D eigenvalue weighted by atomic mass is 10.1. The minimum Gasteiger partial charge on any atom is -0.496 e. The van der Waals surface area contributed by atoms with Gasteiger partial charge in [0.2, 0.25) is 0 Å². The molecule has 0 spiro atoms. The molecule has 1 aliphatic carbocycles. The van der Waals surface area contributed by atoms with Crippen LogP contribution in [0, 0.1) is 5.82 Å². The predicted molar refractivity (Wildman–Crippen MR) is 83.5 cm³/mol. The second kappa shape index (κ2) is 7.84. The standard InChI is InChI=1S/C16H24FNO.ClH/c1-4-8-18(9-5-2)15-11-13(15)14-10-12(17)6-7-16(14)19-3;/h6-7,10,13,15H,4-5,8-9,11H2,1-3H3;1H/t13-,15+;/m0./s1. The van der Waals surface area contributed by atoms with E-state index in [2.05, 4.69) is 18.7 Å². The molecule has 1 aromatic carbocycles. The fraction of sp³-hybridized carbons (Fsp3) is 0.625. The van der Waals surface area contributed by atoms with Gasteiger partial charge in [0, 0.05) is 17.5 Å². The molecule has 1 aliphatic rings. The van der Waals surface area contributed by atoms with Crippen molar-refractivity contribution in [3.8, 4) is 5.75 Å². The van der Waals surface area contributed by atoms with Crippen LogP contribution >= 0.6 is 12.4 Å². The second-order valence-corrected chi connectivity index (χ2v) is 5.33. The van der Waals surface area contributed by atoms with Gasteiger partial charge < -0.3 is 4.74 Å². The molecular formula is C16H25ClFNO. The van der Waals surface area contributed by atoms with Crippen molar-refractivity contribution in [3.63, 3.8) is 0 Å². The Bertz CT molecular complexity index is 421. The number of halogens is 2. The van der Waals surface area contributed by atoms with Crippen LogP contribution in [0.1, 0.15) is 44.6 Å². The molecule has 2 nitrogen and oxygen atoms in total. The fourth-order valence-electron chi connectivity index (χ4n) is 2.93. The monoisotopic (exact) mass is 301 g/mol. The molecule has 0 heterocycles. The van der Waals surface area contributed by atoms with Crippen molar-refractivity contribution in [1.29, 1.82) is 0 Å². The number of methoxy groups -OCH3 is 1. The minimum absolute atomic E-state index is 0. The quantitative estimate of drug-likeness (QED) is 0.747. The minimum atomic E-state index is -0.168. The highest BCUT2D eigenvalue weighted by Crippen LogP contribution is 2.48. The molecule has 0 radical (unpaired) electrons. The van der Waals surface area contributed by atoms with Gasteiger partial charge in [0.05, 0.1) is 7.11 Å². The molecule has 0 aromatic heterocycles. The van der Waals surface area contributed by atoms with E-state index in [1.54, 1.807) is 19.2 Å². The van der Waals surface area contributed by atoms with Gasteiger partial charge in [-0.2, -0.15) is 0 Å². The molecular weight excluding hydrogens is 277 g/mol. The van der Waals surface area contributed by atoms with E-state index < -0.39 is 0 Å². The Labute approximate surface area is 127 Å². The summed E-state index contributed by atoms with van der Waals surface area (Å²) in [5, 5.41) is 0. The van der Waals surface area contributed by atoms with Crippen molar-refractivity contribution in [2.45, 2.75) is 45.1 Å². The summed E-state index contributed by atoms with van der Waals surface area (Å²) in [6.45, 7) is 6.69. The number of benzene rings is 1. The van der Waals surface area contributed by atoms with E-state index in [9.17, 15) is 4.39 Å². The van der Waals surface area contributed by atoms with Gasteiger partial charge in [0.1, 0.15) is 11.6 Å². The zero-order valence-corrected chi connectivity index (χ0v) is 13.4. The average Bonchev–Trinajstić information content (AvgIpc) is 3.18. The van der Waals surface area contributed by atoms with Crippen LogP contribution in [0.25, 0.3) is 0 Å². The summed E-state index contributed by atoms with van der Waals surface area (Å²) < 4.78 is 18.8. The van der Waals surface area contributed by atoms with Crippen LogP contribution in [0.4, 0.5) is 4.39 Å². The van der Waals surface area contributed by atoms with Crippen molar-refractivity contribution in [2.24, 2.45) is 0 Å². The summed E-state index contributed by atoms with van der Waals surface area (Å²) in [5.41, 5.74) is 1.03. The third-order valence-electron chi connectivity index (χ3n) is 3.84. The summed E-state index contributed by atoms with van der Waals surface area (Å²) in [6.07, 6.45) is 3.47. The second-order valence-electron chi connectivity index (χ2n) is 5.33. The lowest BCUT2D eigenvalue weighted by molar-refractivity contribution is 0.259. The third kappa shape index (κ3) is 3.86. The fourth-order valence-corrected chi connectivity index (χ4v) is 2.93. The Hall–Kier alpha value is -0.800. The Morgan fingerprint density at radius 3 is 2.45 bits per heavy atom. The van der Waals surface area contributed by atoms with E-state index in [0.717, 1.165) is 30.8 Å². The SMILES string of the molecule is CCCN(CCC)[C@@H]1C[C@H]1c1cc(F)ccc1OC.Cl. The lowest BCUT2D eigenvalue weighted by Gasteiger charge is -2.21. The van der Waals surface area contributed by atoms with Crippen molar-refractivity contribution in [2.75, 3.05) is 20.2 Å². The van der Waals surface area contributed by atoms with Crippen LogP contribution in [-0.2, 0) is 0 Å². The van der Waals surface area contributed by atoms with Gasteiger partial charge in [-0.1, -0.05) is 13.8 Å². The zero-order valence-electron chi connectivity index (χ0n) is 12.6. The first-order valence-corrected chi connectivity index (χ1v) is 7.28. The van der Waals surface area contributed by atoms with Gasteiger partial charge in [-0.05, 0) is 50.6 Å². The van der Waals surface area contributed by atoms with Crippen molar-refractivity contribution < 1.29 is 9.13 Å². The first-order chi connectivity index (χ1) is 9.21. The topological polar surface area (TPSA) is 12.5 Å². The van der Waals surface area contributed by atoms with Gasteiger partial charge in [-0.15, -0.1) is 12.4 Å². The molecule has 0 bridgehead atoms. The molecule has 0 aliphatic heterocycles. The van der Waals surface area contributed by atoms with Crippen molar-refractivity contribution >= 4 is 12.4 Å². The Kier molecular flexibility index (Phi) is 6.77. The number of nitrogens with zero attached hydrogens (tertiary/aromatic N) is 1. The molecule has 1 saturated carbocycles. The van der Waals surface area contributed by atoms with Gasteiger partial charge in [0.15, 0.2) is 0 Å². The summed E-state index contributed by atoms with van der Waals surface area (Å²) in [7, 11) is 1.66. The highest BCUT2D eigenvalue weighted by atomic mass is 35.5. The van der Waals surface area contributed by atoms with E-state index in [0.29, 0.717) is 12.0 Å². The molecule has 0 N–H and O–H groups in total. The van der Waals surface area contributed by atoms with E-state index in [-0.39, 0.29) is 18.2 Å². The summed E-state index contributed by atoms with van der Waals surface area (Å²) in [6, 6.07) is 5.41. The normalized spacial score (nSPS) is 20.6. The highest BCUT2D eigenvalue weighted by Gasteiger charge is 2.43. The third-order valence-corrected chi connectivity index (χ3v) is 3.84. The molecule has 2 rings (SSSR count). The number of hydrogen-bond donors (Lipinski definition) is 0. The molecule has 1 aromatic rings. The largest absolute Gasteiger partial charge is 0.496 e. The molecule has 2 atom stereocenters. The van der Waals surface area contributed by atoms with Crippen molar-refractivity contribution in [3.05, 3.63) is 29.6 Å². The van der Waals surface area contributed by atoms with Gasteiger partial charge in [-0.25, -0.2) is 4.39 Å². The van der Waals surface area contributed by atoms with Gasteiger partial charge in [-0.3, -0.25) is 4.90 Å². The summed E-state index contributed by atoms with van der Waals surface area (Å²) >= 11 is 0. The lowest BCUT2D eigenvalue weighted by Crippen LogP contribution is -2.28. The van der Waals surface area contributed by atoms with E-state index >= 15 is 0 Å². The smallest absolute Gasteiger partial charge is 0.123 e. The molecule has 0 unspecified atom stereocenters. The van der Waals surface area contributed by atoms with E-state index in [1.165, 1.54) is 18.9 Å². The number of rotatable bonds is 7. The van der Waals surface area contributed by atoms with E-state index in [1.807, 2.05) is 0 Å². The molecule has 4 heteroatoms. The predicted octanol–water partition coefficient (Wildman–Crippen LogP) is 4.23. The first kappa shape index (κ1) is 17.3. The van der Waals surface area contributed by atoms with Crippen LogP contribution in [0.2, 0.25) is 0 Å². The van der Waals surface area contributed by atoms with Crippen LogP contribution in [0.15, 0.2) is 18.2 Å². The Morgan fingerprint density at radius 2 is 1.90 bits per heavy atom. The molecule has 114 valence electrons. The molecule has 0 saturated heterocycles. The van der Waals surface area contributed by atoms with Crippen LogP contribution in [-0.4, -0.2) is 31.1 Å². The van der Waals surface area contributed by atoms with E-state index in [4.69, 9.17) is 4.74 Å². The Balaban J connectivity index is 0.00000200. The molecule has 20 heavy (non-hydrogen) atoms. The summed E-state index contributed by atoms with van der Waals surface area (Å²) in [5.74, 6) is 1.09. The van der Waals surface area contributed by atoms with Crippen LogP contribution in [0.5, 0.6) is 5.75 Å². The van der Waals surface area contributed by atoms with Crippen LogP contribution < -0.4 is 4.74 Å². The average molecular weight is 302 g/mol. The Morgan fingerprint density at radius 1 is 1.25 bits per heavy atom. The molecule has 0 amide bonds. The maximum absolute atomic E-state index is 13.4. The van der Waals surface area contributed by atoms with Crippen LogP contribution in [0.3, 0.4) is 0 Å². The first-order valence-electron chi connectivity index (χ1n) is 7.28.